The van der Waals surface area contributed by atoms with Crippen LogP contribution in [0.1, 0.15) is 37.7 Å². The second-order valence-electron chi connectivity index (χ2n) is 5.84. The van der Waals surface area contributed by atoms with E-state index in [4.69, 9.17) is 4.74 Å². The van der Waals surface area contributed by atoms with Gasteiger partial charge in [-0.1, -0.05) is 25.3 Å². The van der Waals surface area contributed by atoms with Gasteiger partial charge in [-0.15, -0.1) is 0 Å². The lowest BCUT2D eigenvalue weighted by Gasteiger charge is -2.18. The molecule has 23 heavy (non-hydrogen) atoms. The third-order valence-electron chi connectivity index (χ3n) is 4.33. The standard InChI is InChI=1S/C18H21N3O2/c1-23-18-9-14(15(10-20-18)16-11-19-12-21-16)7-8-17(22)13-5-3-2-4-6-13/h7-13H,2-6H2,1H3,(H,19,21)/b8-7+. The summed E-state index contributed by atoms with van der Waals surface area (Å²) in [6.07, 6.45) is 14.3. The molecule has 0 unspecified atom stereocenters. The van der Waals surface area contributed by atoms with Crippen LogP contribution < -0.4 is 4.74 Å². The van der Waals surface area contributed by atoms with Crippen molar-refractivity contribution in [3.8, 4) is 17.1 Å². The quantitative estimate of drug-likeness (QED) is 0.856. The van der Waals surface area contributed by atoms with Crippen LogP contribution in [0.15, 0.2) is 30.9 Å². The van der Waals surface area contributed by atoms with Crippen molar-refractivity contribution in [1.82, 2.24) is 15.0 Å². The van der Waals surface area contributed by atoms with E-state index in [9.17, 15) is 4.79 Å². The van der Waals surface area contributed by atoms with Crippen molar-refractivity contribution in [2.75, 3.05) is 7.11 Å². The van der Waals surface area contributed by atoms with Crippen LogP contribution in [0.5, 0.6) is 5.88 Å². The topological polar surface area (TPSA) is 67.9 Å². The smallest absolute Gasteiger partial charge is 0.213 e. The van der Waals surface area contributed by atoms with Crippen molar-refractivity contribution >= 4 is 11.9 Å². The number of nitrogens with one attached hydrogen (secondary N) is 1. The molecule has 1 aliphatic carbocycles. The number of H-pyrrole nitrogens is 1. The molecule has 5 heteroatoms. The molecule has 1 saturated carbocycles. The summed E-state index contributed by atoms with van der Waals surface area (Å²) in [5, 5.41) is 0. The number of methoxy groups -OCH3 is 1. The summed E-state index contributed by atoms with van der Waals surface area (Å²) < 4.78 is 5.19. The molecule has 2 aromatic heterocycles. The van der Waals surface area contributed by atoms with Crippen molar-refractivity contribution < 1.29 is 9.53 Å². The number of rotatable bonds is 5. The van der Waals surface area contributed by atoms with E-state index in [1.54, 1.807) is 25.7 Å². The molecule has 0 spiro atoms. The van der Waals surface area contributed by atoms with Gasteiger partial charge in [0.15, 0.2) is 5.78 Å². The molecule has 0 amide bonds. The van der Waals surface area contributed by atoms with Crippen LogP contribution in [0, 0.1) is 5.92 Å². The van der Waals surface area contributed by atoms with Gasteiger partial charge in [0.25, 0.3) is 0 Å². The Labute approximate surface area is 135 Å². The average Bonchev–Trinajstić information content (AvgIpc) is 3.14. The first-order valence-corrected chi connectivity index (χ1v) is 8.03. The lowest BCUT2D eigenvalue weighted by molar-refractivity contribution is -0.119. The Morgan fingerprint density at radius 1 is 1.30 bits per heavy atom. The maximum Gasteiger partial charge on any atom is 0.213 e. The van der Waals surface area contributed by atoms with E-state index in [1.807, 2.05) is 18.3 Å². The Bertz CT molecular complexity index is 686. The Morgan fingerprint density at radius 2 is 2.13 bits per heavy atom. The van der Waals surface area contributed by atoms with E-state index in [2.05, 4.69) is 15.0 Å². The van der Waals surface area contributed by atoms with Crippen LogP contribution in [-0.4, -0.2) is 27.8 Å². The Balaban J connectivity index is 1.85. The van der Waals surface area contributed by atoms with Crippen LogP contribution in [0.3, 0.4) is 0 Å². The number of nitrogens with zero attached hydrogens (tertiary/aromatic N) is 2. The summed E-state index contributed by atoms with van der Waals surface area (Å²) in [5.41, 5.74) is 2.55. The molecule has 0 atom stereocenters. The minimum absolute atomic E-state index is 0.178. The largest absolute Gasteiger partial charge is 0.481 e. The molecule has 2 heterocycles. The van der Waals surface area contributed by atoms with Crippen LogP contribution in [0.2, 0.25) is 0 Å². The molecule has 3 rings (SSSR count). The van der Waals surface area contributed by atoms with Crippen molar-refractivity contribution in [3.05, 3.63) is 36.4 Å². The zero-order valence-electron chi connectivity index (χ0n) is 13.3. The van der Waals surface area contributed by atoms with Gasteiger partial charge in [-0.05, 0) is 24.5 Å². The summed E-state index contributed by atoms with van der Waals surface area (Å²) in [6, 6.07) is 1.83. The molecule has 120 valence electrons. The van der Waals surface area contributed by atoms with Gasteiger partial charge in [0.05, 0.1) is 19.1 Å². The number of hydrogen-bond acceptors (Lipinski definition) is 4. The first-order chi connectivity index (χ1) is 11.3. The Kier molecular flexibility index (Phi) is 4.86. The van der Waals surface area contributed by atoms with E-state index in [1.165, 1.54) is 6.42 Å². The molecule has 5 nitrogen and oxygen atoms in total. The second-order valence-corrected chi connectivity index (χ2v) is 5.84. The molecule has 0 aromatic carbocycles. The highest BCUT2D eigenvalue weighted by Crippen LogP contribution is 2.27. The third kappa shape index (κ3) is 3.67. The molecular formula is C18H21N3O2. The highest BCUT2D eigenvalue weighted by atomic mass is 16.5. The molecular weight excluding hydrogens is 290 g/mol. The number of imidazole rings is 1. The number of ketones is 1. The molecule has 0 aliphatic heterocycles. The monoisotopic (exact) mass is 311 g/mol. The summed E-state index contributed by atoms with van der Waals surface area (Å²) in [5.74, 6) is 0.917. The minimum Gasteiger partial charge on any atom is -0.481 e. The van der Waals surface area contributed by atoms with Gasteiger partial charge in [0.2, 0.25) is 5.88 Å². The van der Waals surface area contributed by atoms with Gasteiger partial charge in [-0.3, -0.25) is 4.79 Å². The number of aromatic nitrogens is 3. The number of pyridine rings is 1. The Hall–Kier alpha value is -2.43. The van der Waals surface area contributed by atoms with E-state index >= 15 is 0 Å². The zero-order valence-corrected chi connectivity index (χ0v) is 13.3. The summed E-state index contributed by atoms with van der Waals surface area (Å²) in [6.45, 7) is 0. The second kappa shape index (κ2) is 7.22. The molecule has 1 N–H and O–H groups in total. The van der Waals surface area contributed by atoms with Crippen molar-refractivity contribution in [3.63, 3.8) is 0 Å². The SMILES string of the molecule is COc1cc(/C=C/C(=O)C2CCCCC2)c(-c2c[nH]cn2)cn1. The molecule has 1 fully saturated rings. The molecule has 2 aromatic rings. The molecule has 0 radical (unpaired) electrons. The minimum atomic E-state index is 0.178. The van der Waals surface area contributed by atoms with Gasteiger partial charge in [-0.25, -0.2) is 9.97 Å². The number of carbonyl (C=O) groups is 1. The maximum absolute atomic E-state index is 12.4. The van der Waals surface area contributed by atoms with Crippen molar-refractivity contribution in [1.29, 1.82) is 0 Å². The van der Waals surface area contributed by atoms with E-state index in [0.717, 1.165) is 42.5 Å². The van der Waals surface area contributed by atoms with E-state index in [0.29, 0.717) is 5.88 Å². The fraction of sp³-hybridized carbons (Fsp3) is 0.389. The van der Waals surface area contributed by atoms with Crippen molar-refractivity contribution in [2.45, 2.75) is 32.1 Å². The predicted octanol–water partition coefficient (Wildman–Crippen LogP) is 3.64. The first-order valence-electron chi connectivity index (χ1n) is 8.03. The number of aromatic amines is 1. The third-order valence-corrected chi connectivity index (χ3v) is 4.33. The fourth-order valence-electron chi connectivity index (χ4n) is 3.02. The average molecular weight is 311 g/mol. The van der Waals surface area contributed by atoms with Gasteiger partial charge in [-0.2, -0.15) is 0 Å². The molecule has 1 aliphatic rings. The maximum atomic E-state index is 12.4. The van der Waals surface area contributed by atoms with Gasteiger partial charge in [0.1, 0.15) is 0 Å². The van der Waals surface area contributed by atoms with Crippen LogP contribution >= 0.6 is 0 Å². The molecule has 0 bridgehead atoms. The normalized spacial score (nSPS) is 15.9. The van der Waals surface area contributed by atoms with Gasteiger partial charge >= 0.3 is 0 Å². The number of carbonyl (C=O) groups excluding carboxylic acids is 1. The molecule has 0 saturated heterocycles. The van der Waals surface area contributed by atoms with Gasteiger partial charge < -0.3 is 9.72 Å². The van der Waals surface area contributed by atoms with Crippen LogP contribution in [0.4, 0.5) is 0 Å². The lowest BCUT2D eigenvalue weighted by Crippen LogP contribution is -2.15. The predicted molar refractivity (Wildman–Crippen MR) is 89.0 cm³/mol. The zero-order chi connectivity index (χ0) is 16.1. The van der Waals surface area contributed by atoms with Crippen molar-refractivity contribution in [2.24, 2.45) is 5.92 Å². The first kappa shape index (κ1) is 15.5. The highest BCUT2D eigenvalue weighted by Gasteiger charge is 2.19. The van der Waals surface area contributed by atoms with Crippen LogP contribution in [0.25, 0.3) is 17.3 Å². The summed E-state index contributed by atoms with van der Waals surface area (Å²) >= 11 is 0. The number of allylic oxidation sites excluding steroid dienone is 1. The van der Waals surface area contributed by atoms with E-state index in [-0.39, 0.29) is 11.7 Å². The summed E-state index contributed by atoms with van der Waals surface area (Å²) in [4.78, 5) is 23.8. The Morgan fingerprint density at radius 3 is 2.83 bits per heavy atom. The number of ether oxygens (including phenoxy) is 1. The van der Waals surface area contributed by atoms with Crippen LogP contribution in [-0.2, 0) is 4.79 Å². The van der Waals surface area contributed by atoms with E-state index < -0.39 is 0 Å². The highest BCUT2D eigenvalue weighted by molar-refractivity contribution is 5.96. The number of hydrogen-bond donors (Lipinski definition) is 1. The fourth-order valence-corrected chi connectivity index (χ4v) is 3.02. The summed E-state index contributed by atoms with van der Waals surface area (Å²) in [7, 11) is 1.58. The van der Waals surface area contributed by atoms with Gasteiger partial charge in [0, 0.05) is 29.9 Å². The lowest BCUT2D eigenvalue weighted by atomic mass is 9.86.